The van der Waals surface area contributed by atoms with Crippen LogP contribution in [0.15, 0.2) is 60.8 Å². The third-order valence-electron chi connectivity index (χ3n) is 7.00. The van der Waals surface area contributed by atoms with Crippen LogP contribution in [0.1, 0.15) is 30.4 Å². The number of piperidine rings is 1. The molecule has 1 aromatic heterocycles. The molecular weight excluding hydrogens is 348 g/mol. The highest BCUT2D eigenvalue weighted by atomic mass is 16.3. The fourth-order valence-electron chi connectivity index (χ4n) is 5.04. The van der Waals surface area contributed by atoms with Gasteiger partial charge in [-0.15, -0.1) is 0 Å². The number of hydrogen-bond donors (Lipinski definition) is 2. The second-order valence-electron chi connectivity index (χ2n) is 8.60. The van der Waals surface area contributed by atoms with Gasteiger partial charge in [-0.3, -0.25) is 4.90 Å². The van der Waals surface area contributed by atoms with E-state index in [1.807, 2.05) is 0 Å². The van der Waals surface area contributed by atoms with Crippen LogP contribution >= 0.6 is 0 Å². The molecule has 2 N–H and O–H groups in total. The summed E-state index contributed by atoms with van der Waals surface area (Å²) in [5.74, 6) is 0. The summed E-state index contributed by atoms with van der Waals surface area (Å²) in [4.78, 5) is 2.45. The Labute approximate surface area is 166 Å². The van der Waals surface area contributed by atoms with Gasteiger partial charge < -0.3 is 14.8 Å². The first kappa shape index (κ1) is 17.9. The van der Waals surface area contributed by atoms with Crippen LogP contribution in [-0.2, 0) is 13.1 Å². The number of aliphatic hydroxyl groups is 2. The molecule has 1 spiro atoms. The van der Waals surface area contributed by atoms with Gasteiger partial charge in [0.2, 0.25) is 0 Å². The molecule has 5 rings (SSSR count). The monoisotopic (exact) mass is 376 g/mol. The number of benzene rings is 2. The zero-order valence-electron chi connectivity index (χ0n) is 16.2. The second kappa shape index (κ2) is 7.03. The number of aliphatic hydroxyl groups excluding tert-OH is 2. The number of hydrogen-bond acceptors (Lipinski definition) is 3. The summed E-state index contributed by atoms with van der Waals surface area (Å²) in [7, 11) is 0. The third kappa shape index (κ3) is 3.06. The Kier molecular flexibility index (Phi) is 4.50. The molecule has 2 atom stereocenters. The van der Waals surface area contributed by atoms with E-state index in [0.717, 1.165) is 39.0 Å². The molecule has 146 valence electrons. The van der Waals surface area contributed by atoms with Gasteiger partial charge in [0.1, 0.15) is 0 Å². The second-order valence-corrected chi connectivity index (χ2v) is 8.60. The van der Waals surface area contributed by atoms with Gasteiger partial charge >= 0.3 is 0 Å². The van der Waals surface area contributed by atoms with Crippen LogP contribution in [0.5, 0.6) is 0 Å². The van der Waals surface area contributed by atoms with Crippen LogP contribution < -0.4 is 0 Å². The van der Waals surface area contributed by atoms with Crippen molar-refractivity contribution in [3.63, 3.8) is 0 Å². The minimum absolute atomic E-state index is 0.231. The predicted molar refractivity (Wildman–Crippen MR) is 111 cm³/mol. The van der Waals surface area contributed by atoms with Crippen molar-refractivity contribution in [2.45, 2.75) is 44.6 Å². The number of fused-ring (bicyclic) bond motifs is 1. The zero-order chi connectivity index (χ0) is 19.1. The molecule has 0 radical (unpaired) electrons. The highest BCUT2D eigenvalue weighted by Crippen LogP contribution is 2.49. The molecule has 1 aliphatic carbocycles. The largest absolute Gasteiger partial charge is 0.392 e. The molecule has 2 fully saturated rings. The van der Waals surface area contributed by atoms with Gasteiger partial charge in [-0.1, -0.05) is 42.5 Å². The lowest BCUT2D eigenvalue weighted by atomic mass is 9.58. The van der Waals surface area contributed by atoms with Crippen molar-refractivity contribution in [1.82, 2.24) is 9.47 Å². The standard InChI is InChI=1S/C24H28N2O2/c27-22-15-23(28)24(22)9-12-25(13-10-24)16-19-6-7-20-8-11-26(21(20)14-19)17-18-4-2-1-3-5-18/h1-8,11,14,22-23,27-28H,9-10,12-13,15-17H2/t22-,23+. The van der Waals surface area contributed by atoms with E-state index in [1.54, 1.807) is 0 Å². The van der Waals surface area contributed by atoms with Gasteiger partial charge in [0.15, 0.2) is 0 Å². The molecular formula is C24H28N2O2. The van der Waals surface area contributed by atoms with Crippen LogP contribution in [0.25, 0.3) is 10.9 Å². The summed E-state index contributed by atoms with van der Waals surface area (Å²) in [5.41, 5.74) is 3.68. The Hall–Kier alpha value is -2.14. The van der Waals surface area contributed by atoms with Gasteiger partial charge in [-0.05, 0) is 54.6 Å². The Morgan fingerprint density at radius 1 is 0.857 bits per heavy atom. The number of likely N-dealkylation sites (tertiary alicyclic amines) is 1. The molecule has 28 heavy (non-hydrogen) atoms. The van der Waals surface area contributed by atoms with Gasteiger partial charge in [-0.2, -0.15) is 0 Å². The fourth-order valence-corrected chi connectivity index (χ4v) is 5.04. The van der Waals surface area contributed by atoms with Crippen molar-refractivity contribution in [3.8, 4) is 0 Å². The average molecular weight is 377 g/mol. The maximum Gasteiger partial charge on any atom is 0.0647 e. The van der Waals surface area contributed by atoms with E-state index in [9.17, 15) is 10.2 Å². The van der Waals surface area contributed by atoms with E-state index < -0.39 is 0 Å². The van der Waals surface area contributed by atoms with Crippen molar-refractivity contribution >= 4 is 10.9 Å². The maximum absolute atomic E-state index is 10.1. The quantitative estimate of drug-likeness (QED) is 0.734. The first-order chi connectivity index (χ1) is 13.6. The highest BCUT2D eigenvalue weighted by molar-refractivity contribution is 5.81. The lowest BCUT2D eigenvalue weighted by Gasteiger charge is -2.55. The van der Waals surface area contributed by atoms with E-state index in [4.69, 9.17) is 0 Å². The van der Waals surface area contributed by atoms with Gasteiger partial charge in [-0.25, -0.2) is 0 Å². The maximum atomic E-state index is 10.1. The van der Waals surface area contributed by atoms with E-state index in [-0.39, 0.29) is 17.6 Å². The van der Waals surface area contributed by atoms with Crippen molar-refractivity contribution in [2.75, 3.05) is 13.1 Å². The third-order valence-corrected chi connectivity index (χ3v) is 7.00. The van der Waals surface area contributed by atoms with E-state index in [0.29, 0.717) is 6.42 Å². The van der Waals surface area contributed by atoms with Crippen molar-refractivity contribution < 1.29 is 10.2 Å². The molecule has 2 aromatic carbocycles. The molecule has 1 saturated heterocycles. The molecule has 2 heterocycles. The predicted octanol–water partition coefficient (Wildman–Crippen LogP) is 3.40. The first-order valence-corrected chi connectivity index (χ1v) is 10.3. The Morgan fingerprint density at radius 3 is 2.32 bits per heavy atom. The minimum atomic E-state index is -0.317. The summed E-state index contributed by atoms with van der Waals surface area (Å²) < 4.78 is 2.32. The van der Waals surface area contributed by atoms with Crippen LogP contribution in [-0.4, -0.2) is 45.0 Å². The molecule has 0 bridgehead atoms. The summed E-state index contributed by atoms with van der Waals surface area (Å²) in [6.45, 7) is 3.69. The Bertz CT molecular complexity index is 947. The van der Waals surface area contributed by atoms with E-state index in [2.05, 4.69) is 70.3 Å². The zero-order valence-corrected chi connectivity index (χ0v) is 16.2. The molecule has 3 aromatic rings. The Balaban J connectivity index is 1.30. The molecule has 4 heteroatoms. The molecule has 0 amide bonds. The van der Waals surface area contributed by atoms with Crippen molar-refractivity contribution in [3.05, 3.63) is 71.9 Å². The van der Waals surface area contributed by atoms with E-state index >= 15 is 0 Å². The first-order valence-electron chi connectivity index (χ1n) is 10.3. The number of aromatic nitrogens is 1. The lowest BCUT2D eigenvalue weighted by Crippen LogP contribution is -2.61. The molecule has 2 aliphatic rings. The van der Waals surface area contributed by atoms with Gasteiger partial charge in [0.25, 0.3) is 0 Å². The minimum Gasteiger partial charge on any atom is -0.392 e. The van der Waals surface area contributed by atoms with Crippen LogP contribution in [0.4, 0.5) is 0 Å². The van der Waals surface area contributed by atoms with Crippen molar-refractivity contribution in [1.29, 1.82) is 0 Å². The number of nitrogens with zero attached hydrogens (tertiary/aromatic N) is 2. The van der Waals surface area contributed by atoms with E-state index in [1.165, 1.54) is 22.0 Å². The summed E-state index contributed by atoms with van der Waals surface area (Å²) in [6.07, 6.45) is 3.87. The molecule has 4 nitrogen and oxygen atoms in total. The highest BCUT2D eigenvalue weighted by Gasteiger charge is 2.54. The topological polar surface area (TPSA) is 48.6 Å². The fraction of sp³-hybridized carbons (Fsp3) is 0.417. The summed E-state index contributed by atoms with van der Waals surface area (Å²) >= 11 is 0. The van der Waals surface area contributed by atoms with Crippen molar-refractivity contribution in [2.24, 2.45) is 5.41 Å². The normalized spacial score (nSPS) is 24.5. The van der Waals surface area contributed by atoms with Crippen LogP contribution in [0.2, 0.25) is 0 Å². The average Bonchev–Trinajstić information content (AvgIpc) is 3.12. The molecule has 0 unspecified atom stereocenters. The van der Waals surface area contributed by atoms with Crippen LogP contribution in [0.3, 0.4) is 0 Å². The SMILES string of the molecule is O[C@@H]1C[C@H](O)C12CCN(Cc1ccc3ccn(Cc4ccccc4)c3c1)CC2. The summed E-state index contributed by atoms with van der Waals surface area (Å²) in [6, 6.07) is 19.5. The Morgan fingerprint density at radius 2 is 1.61 bits per heavy atom. The lowest BCUT2D eigenvalue weighted by molar-refractivity contribution is -0.190. The molecule has 1 aliphatic heterocycles. The molecule has 1 saturated carbocycles. The number of rotatable bonds is 4. The van der Waals surface area contributed by atoms with Crippen LogP contribution in [0, 0.1) is 5.41 Å². The van der Waals surface area contributed by atoms with Gasteiger partial charge in [0, 0.05) is 36.6 Å². The smallest absolute Gasteiger partial charge is 0.0647 e. The summed E-state index contributed by atoms with van der Waals surface area (Å²) in [5, 5.41) is 21.5. The van der Waals surface area contributed by atoms with Gasteiger partial charge in [0.05, 0.1) is 12.2 Å².